The number of hydrogen-bond acceptors (Lipinski definition) is 7. The van der Waals surface area contributed by atoms with Gasteiger partial charge >= 0.3 is 6.18 Å². The van der Waals surface area contributed by atoms with Gasteiger partial charge < -0.3 is 19.1 Å². The van der Waals surface area contributed by atoms with Crippen molar-refractivity contribution in [2.45, 2.75) is 96.6 Å². The van der Waals surface area contributed by atoms with Crippen molar-refractivity contribution in [3.63, 3.8) is 0 Å². The van der Waals surface area contributed by atoms with Crippen LogP contribution >= 0.6 is 0 Å². The Morgan fingerprint density at radius 2 is 1.87 bits per heavy atom. The second kappa shape index (κ2) is 12.5. The maximum Gasteiger partial charge on any atom is 0.419 e. The number of nitrogens with one attached hydrogen (secondary N) is 1. The van der Waals surface area contributed by atoms with Gasteiger partial charge in [-0.15, -0.1) is 0 Å². The Bertz CT molecular complexity index is 1640. The number of nitrogens with zero attached hydrogens (tertiary/aromatic N) is 5. The minimum atomic E-state index is -4.63. The molecule has 1 saturated carbocycles. The Labute approximate surface area is 263 Å². The fraction of sp³-hybridized carbons (Fsp3) is 0.545. The van der Waals surface area contributed by atoms with E-state index in [0.29, 0.717) is 29.4 Å². The van der Waals surface area contributed by atoms with Crippen LogP contribution in [0.25, 0.3) is 33.3 Å². The van der Waals surface area contributed by atoms with Crippen LogP contribution in [0, 0.1) is 13.8 Å². The quantitative estimate of drug-likeness (QED) is 0.138. The van der Waals surface area contributed by atoms with E-state index in [1.807, 2.05) is 36.6 Å². The molecule has 4 aromatic rings. The molecular formula is C33H43F3N6O2Si. The molecule has 0 amide bonds. The van der Waals surface area contributed by atoms with Crippen molar-refractivity contribution in [1.29, 1.82) is 0 Å². The summed E-state index contributed by atoms with van der Waals surface area (Å²) in [4.78, 5) is 11.3. The maximum atomic E-state index is 14.5. The first-order valence-electron chi connectivity index (χ1n) is 16.0. The SMILES string of the molecule is Cc1noc(C)c1-c1ccc2c(-c3nc(N[C@H]4CCC[C@@H]4N4CCCC4)ncc3C(F)(F)F)cn(COCC[Si](C)(C)C)c2c1. The third-order valence-corrected chi connectivity index (χ3v) is 10.9. The molecular weight excluding hydrogens is 597 g/mol. The lowest BCUT2D eigenvalue weighted by atomic mass is 10.0. The summed E-state index contributed by atoms with van der Waals surface area (Å²) in [5.74, 6) is 0.912. The molecule has 12 heteroatoms. The highest BCUT2D eigenvalue weighted by Gasteiger charge is 2.38. The van der Waals surface area contributed by atoms with E-state index in [1.165, 1.54) is 12.8 Å². The van der Waals surface area contributed by atoms with E-state index in [-0.39, 0.29) is 24.4 Å². The molecule has 1 N–H and O–H groups in total. The van der Waals surface area contributed by atoms with Crippen molar-refractivity contribution in [3.05, 3.63) is 47.6 Å². The van der Waals surface area contributed by atoms with Gasteiger partial charge in [0.15, 0.2) is 0 Å². The molecule has 2 fully saturated rings. The second-order valence-electron chi connectivity index (χ2n) is 13.7. The summed E-state index contributed by atoms with van der Waals surface area (Å²) in [6.07, 6.45) is 3.51. The molecule has 45 heavy (non-hydrogen) atoms. The van der Waals surface area contributed by atoms with Crippen molar-refractivity contribution in [2.75, 3.05) is 25.0 Å². The highest BCUT2D eigenvalue weighted by atomic mass is 28.3. The summed E-state index contributed by atoms with van der Waals surface area (Å²) in [5, 5.41) is 8.19. The molecule has 0 radical (unpaired) electrons. The highest BCUT2D eigenvalue weighted by Crippen LogP contribution is 2.41. The summed E-state index contributed by atoms with van der Waals surface area (Å²) < 4.78 is 56.9. The minimum absolute atomic E-state index is 0.103. The van der Waals surface area contributed by atoms with Gasteiger partial charge in [0.2, 0.25) is 5.95 Å². The summed E-state index contributed by atoms with van der Waals surface area (Å²) >= 11 is 0. The molecule has 0 bridgehead atoms. The van der Waals surface area contributed by atoms with Crippen LogP contribution in [0.1, 0.15) is 49.1 Å². The topological polar surface area (TPSA) is 81.2 Å². The Morgan fingerprint density at radius 1 is 1.09 bits per heavy atom. The molecule has 2 aliphatic rings. The second-order valence-corrected chi connectivity index (χ2v) is 19.4. The molecule has 1 aliphatic carbocycles. The number of benzene rings is 1. The van der Waals surface area contributed by atoms with Gasteiger partial charge in [-0.2, -0.15) is 13.2 Å². The maximum absolute atomic E-state index is 14.5. The fourth-order valence-electron chi connectivity index (χ4n) is 6.83. The predicted molar refractivity (Wildman–Crippen MR) is 173 cm³/mol. The zero-order chi connectivity index (χ0) is 31.9. The summed E-state index contributed by atoms with van der Waals surface area (Å²) in [6, 6.07) is 7.18. The van der Waals surface area contributed by atoms with Crippen LogP contribution in [0.4, 0.5) is 19.1 Å². The molecule has 0 unspecified atom stereocenters. The largest absolute Gasteiger partial charge is 0.419 e. The van der Waals surface area contributed by atoms with Gasteiger partial charge in [-0.1, -0.05) is 36.9 Å². The molecule has 8 nitrogen and oxygen atoms in total. The van der Waals surface area contributed by atoms with Crippen molar-refractivity contribution in [2.24, 2.45) is 0 Å². The average Bonchev–Trinajstić information content (AvgIpc) is 3.77. The number of ether oxygens (including phenoxy) is 1. The number of alkyl halides is 3. The first-order chi connectivity index (χ1) is 21.4. The van der Waals surface area contributed by atoms with Crippen LogP contribution in [-0.4, -0.2) is 64.4 Å². The minimum Gasteiger partial charge on any atom is -0.361 e. The van der Waals surface area contributed by atoms with Gasteiger partial charge in [-0.05, 0) is 76.7 Å². The van der Waals surface area contributed by atoms with Gasteiger partial charge in [0.25, 0.3) is 0 Å². The van der Waals surface area contributed by atoms with Crippen molar-refractivity contribution in [1.82, 2.24) is 24.6 Å². The number of rotatable bonds is 10. The first kappa shape index (κ1) is 31.7. The summed E-state index contributed by atoms with van der Waals surface area (Å²) in [6.45, 7) is 13.5. The van der Waals surface area contributed by atoms with Gasteiger partial charge in [0.1, 0.15) is 18.1 Å². The lowest BCUT2D eigenvalue weighted by molar-refractivity contribution is -0.137. The summed E-state index contributed by atoms with van der Waals surface area (Å²) in [7, 11) is -1.32. The van der Waals surface area contributed by atoms with Crippen LogP contribution < -0.4 is 5.32 Å². The molecule has 6 rings (SSSR count). The highest BCUT2D eigenvalue weighted by molar-refractivity contribution is 6.76. The van der Waals surface area contributed by atoms with E-state index >= 15 is 0 Å². The number of likely N-dealkylation sites (tertiary alicyclic amines) is 1. The van der Waals surface area contributed by atoms with Gasteiger partial charge in [0.05, 0.1) is 16.9 Å². The van der Waals surface area contributed by atoms with Crippen LogP contribution in [0.3, 0.4) is 0 Å². The van der Waals surface area contributed by atoms with E-state index < -0.39 is 19.8 Å². The number of aromatic nitrogens is 4. The lowest BCUT2D eigenvalue weighted by Crippen LogP contribution is -2.42. The Hall–Kier alpha value is -3.22. The standard InChI is InChI=1S/C33H43F3N6O2Si/c1-21-30(22(2)44-40-21)23-11-12-24-25(19-42(29(24)17-23)20-43-15-16-45(3,4)5)31-26(33(34,35)36)18-37-32(39-31)38-27-9-8-10-28(27)41-13-6-7-14-41/h11-12,17-19,27-28H,6-10,13-16,20H2,1-5H3,(H,37,38,39)/t27-,28-/m0/s1. The summed E-state index contributed by atoms with van der Waals surface area (Å²) in [5.41, 5.74) is 2.66. The van der Waals surface area contributed by atoms with Gasteiger partial charge in [0, 0.05) is 55.7 Å². The third kappa shape index (κ3) is 6.83. The predicted octanol–water partition coefficient (Wildman–Crippen LogP) is 8.13. The van der Waals surface area contributed by atoms with Crippen LogP contribution in [0.15, 0.2) is 35.1 Å². The molecule has 4 heterocycles. The zero-order valence-corrected chi connectivity index (χ0v) is 27.8. The smallest absolute Gasteiger partial charge is 0.361 e. The van der Waals surface area contributed by atoms with Crippen LogP contribution in [-0.2, 0) is 17.6 Å². The van der Waals surface area contributed by atoms with E-state index in [4.69, 9.17) is 9.26 Å². The first-order valence-corrected chi connectivity index (χ1v) is 19.7. The van der Waals surface area contributed by atoms with Crippen LogP contribution in [0.2, 0.25) is 25.7 Å². The Kier molecular flexibility index (Phi) is 8.83. The van der Waals surface area contributed by atoms with Crippen LogP contribution in [0.5, 0.6) is 0 Å². The lowest BCUT2D eigenvalue weighted by Gasteiger charge is -2.29. The van der Waals surface area contributed by atoms with Crippen molar-refractivity contribution in [3.8, 4) is 22.4 Å². The average molecular weight is 641 g/mol. The fourth-order valence-corrected chi connectivity index (χ4v) is 7.59. The third-order valence-electron chi connectivity index (χ3n) is 9.18. The Morgan fingerprint density at radius 3 is 2.56 bits per heavy atom. The number of aryl methyl sites for hydroxylation is 2. The van der Waals surface area contributed by atoms with Crippen molar-refractivity contribution < 1.29 is 22.4 Å². The van der Waals surface area contributed by atoms with Crippen molar-refractivity contribution >= 4 is 24.9 Å². The zero-order valence-electron chi connectivity index (χ0n) is 26.8. The van der Waals surface area contributed by atoms with E-state index in [0.717, 1.165) is 66.9 Å². The van der Waals surface area contributed by atoms with E-state index in [1.54, 1.807) is 6.20 Å². The number of halogens is 3. The molecule has 0 spiro atoms. The molecule has 3 aromatic heterocycles. The van der Waals surface area contributed by atoms with E-state index in [2.05, 4.69) is 45.0 Å². The Balaban J connectivity index is 1.41. The monoisotopic (exact) mass is 640 g/mol. The molecule has 2 atom stereocenters. The number of anilines is 1. The molecule has 1 saturated heterocycles. The molecule has 242 valence electrons. The molecule has 1 aliphatic heterocycles. The van der Waals surface area contributed by atoms with E-state index in [9.17, 15) is 13.2 Å². The van der Waals surface area contributed by atoms with Gasteiger partial charge in [-0.25, -0.2) is 9.97 Å². The molecule has 1 aromatic carbocycles. The number of fused-ring (bicyclic) bond motifs is 1. The number of hydrogen-bond donors (Lipinski definition) is 1. The van der Waals surface area contributed by atoms with Gasteiger partial charge in [-0.3, -0.25) is 4.90 Å². The normalized spacial score (nSPS) is 19.6.